The number of nitrogens with zero attached hydrogens (tertiary/aromatic N) is 9. The summed E-state index contributed by atoms with van der Waals surface area (Å²) in [6.07, 6.45) is 14.1. The average molecular weight is 1010 g/mol. The van der Waals surface area contributed by atoms with Crippen molar-refractivity contribution >= 4 is 34.8 Å². The number of nitrogens with one attached hydrogen (secondary N) is 3. The van der Waals surface area contributed by atoms with E-state index in [9.17, 15) is 24.6 Å². The number of terminal acetylenes is 1. The smallest absolute Gasteiger partial charge is 0.318 e. The molecule has 0 unspecified atom stereocenters. The Labute approximate surface area is 434 Å². The summed E-state index contributed by atoms with van der Waals surface area (Å²) in [6.45, 7) is 13.1. The summed E-state index contributed by atoms with van der Waals surface area (Å²) in [5.41, 5.74) is 6.16. The Balaban J connectivity index is 0.754. The molecule has 4 aliphatic rings. The first kappa shape index (κ1) is 52.1. The molecule has 7 heterocycles. The number of hydrogen-bond donors (Lipinski definition) is 5. The molecule has 4 atom stereocenters. The first-order valence-electron chi connectivity index (χ1n) is 26.2. The molecule has 0 bridgehead atoms. The van der Waals surface area contributed by atoms with E-state index in [1.807, 2.05) is 71.5 Å². The zero-order chi connectivity index (χ0) is 52.3. The number of phenolic OH excluding ortho intramolecular Hbond substituents is 1. The lowest BCUT2D eigenvalue weighted by molar-refractivity contribution is -0.142. The number of benzene rings is 2. The minimum atomic E-state index is -0.930. The number of carbonyl (C=O) groups is 3. The fourth-order valence-corrected chi connectivity index (χ4v) is 11.3. The lowest BCUT2D eigenvalue weighted by atomic mass is 9.85. The van der Waals surface area contributed by atoms with Crippen molar-refractivity contribution in [2.75, 3.05) is 71.4 Å². The van der Waals surface area contributed by atoms with Gasteiger partial charge in [0.1, 0.15) is 23.6 Å². The van der Waals surface area contributed by atoms with Crippen LogP contribution in [-0.4, -0.2) is 164 Å². The minimum absolute atomic E-state index is 0.00424. The van der Waals surface area contributed by atoms with E-state index < -0.39 is 35.4 Å². The van der Waals surface area contributed by atoms with Crippen LogP contribution in [0.5, 0.6) is 11.5 Å². The highest BCUT2D eigenvalue weighted by Gasteiger charge is 2.45. The fraction of sp³-hybridized carbons (Fsp3) is 0.518. The first-order chi connectivity index (χ1) is 35.6. The van der Waals surface area contributed by atoms with E-state index >= 15 is 0 Å². The molecule has 18 nitrogen and oxygen atoms in total. The van der Waals surface area contributed by atoms with Crippen LogP contribution in [-0.2, 0) is 22.6 Å². The molecule has 0 saturated carbocycles. The van der Waals surface area contributed by atoms with Gasteiger partial charge in [-0.2, -0.15) is 0 Å². The van der Waals surface area contributed by atoms with Crippen LogP contribution >= 0.6 is 0 Å². The van der Waals surface area contributed by atoms with Crippen molar-refractivity contribution in [3.8, 4) is 35.1 Å². The van der Waals surface area contributed by atoms with Gasteiger partial charge in [-0.25, -0.2) is 14.8 Å². The van der Waals surface area contributed by atoms with Crippen LogP contribution < -0.4 is 20.3 Å². The molecule has 2 aromatic carbocycles. The highest BCUT2D eigenvalue weighted by atomic mass is 16.5. The molecule has 0 radical (unpaired) electrons. The van der Waals surface area contributed by atoms with Gasteiger partial charge in [0.05, 0.1) is 24.4 Å². The number of likely N-dealkylation sites (tertiary alicyclic amines) is 3. The molecule has 9 rings (SSSR count). The van der Waals surface area contributed by atoms with Crippen LogP contribution in [0.2, 0.25) is 0 Å². The van der Waals surface area contributed by atoms with E-state index in [0.717, 1.165) is 98.1 Å². The van der Waals surface area contributed by atoms with E-state index in [4.69, 9.17) is 21.1 Å². The molecular formula is C56H72N12O6. The Hall–Kier alpha value is -6.81. The Bertz CT molecular complexity index is 2840. The molecule has 3 aromatic heterocycles. The zero-order valence-corrected chi connectivity index (χ0v) is 43.7. The monoisotopic (exact) mass is 1010 g/mol. The van der Waals surface area contributed by atoms with Crippen LogP contribution in [0.3, 0.4) is 0 Å². The summed E-state index contributed by atoms with van der Waals surface area (Å²) in [5.74, 6) is 3.66. The summed E-state index contributed by atoms with van der Waals surface area (Å²) in [7, 11) is 4.01. The van der Waals surface area contributed by atoms with Gasteiger partial charge in [0.2, 0.25) is 17.8 Å². The minimum Gasteiger partial charge on any atom is -0.507 e. The van der Waals surface area contributed by atoms with Crippen LogP contribution in [0.1, 0.15) is 106 Å². The van der Waals surface area contributed by atoms with Crippen molar-refractivity contribution < 1.29 is 29.3 Å². The SMILES string of the molecule is C#Cc1ccc(CNC(=O)[C@@H]2C[C@@H](O)CN2C(=O)[C@@H](NC(=O)N2CCC(N3CCC(c4cnc(N5CCc6[nH]c7nnc(-c8ccccc8O)cc7c6[C@H]5C)nc4)CC3)CC2)C(C)(C)C)c(OCCCN(C)C)c1. The van der Waals surface area contributed by atoms with Crippen LogP contribution in [0.25, 0.3) is 22.3 Å². The van der Waals surface area contributed by atoms with Crippen molar-refractivity contribution in [1.29, 1.82) is 0 Å². The van der Waals surface area contributed by atoms with Crippen molar-refractivity contribution in [3.63, 3.8) is 0 Å². The maximum atomic E-state index is 14.4. The number of phenols is 1. The van der Waals surface area contributed by atoms with E-state index in [1.54, 1.807) is 29.2 Å². The van der Waals surface area contributed by atoms with Crippen LogP contribution in [0.4, 0.5) is 10.7 Å². The number of urea groups is 1. The number of aliphatic hydroxyl groups is 1. The predicted octanol–water partition coefficient (Wildman–Crippen LogP) is 5.60. The molecule has 4 amide bonds. The molecular weight excluding hydrogens is 937 g/mol. The molecule has 0 spiro atoms. The topological polar surface area (TPSA) is 209 Å². The number of carbonyl (C=O) groups excluding carboxylic acids is 3. The number of aromatic amines is 1. The molecule has 18 heteroatoms. The number of amides is 4. The van der Waals surface area contributed by atoms with Gasteiger partial charge >= 0.3 is 6.03 Å². The largest absolute Gasteiger partial charge is 0.507 e. The molecule has 3 fully saturated rings. The number of anilines is 1. The van der Waals surface area contributed by atoms with Gasteiger partial charge in [0.25, 0.3) is 0 Å². The zero-order valence-electron chi connectivity index (χ0n) is 43.7. The molecule has 4 aliphatic heterocycles. The molecule has 5 N–H and O–H groups in total. The standard InChI is InChI=1S/C56H72N12O6/c1-8-36-14-15-38(48(28-36)74-27-11-21-64(6)7)31-57-52(71)46-29-41(69)34-68(46)53(72)50(56(3,4)5)61-55(73)66-24-18-40(19-25-66)65-22-16-37(17-23-65)39-32-58-54(59-33-39)67-26-20-44-49(35(67)2)43-30-45(62-63-51(43)60-44)42-12-9-10-13-47(42)70/h1,9-10,12-15,28,30,32-33,35,37,40-41,46,50,69-70H,11,16-27,29,31,34H2,2-7H3,(H,57,71)(H,60,63)(H,61,73)/t35-,41-,46+,50-/m1/s1. The van der Waals surface area contributed by atoms with Gasteiger partial charge in [-0.15, -0.1) is 16.6 Å². The third kappa shape index (κ3) is 11.4. The summed E-state index contributed by atoms with van der Waals surface area (Å²) in [5, 5.41) is 37.2. The third-order valence-corrected chi connectivity index (χ3v) is 15.5. The van der Waals surface area contributed by atoms with Crippen molar-refractivity contribution in [3.05, 3.63) is 88.9 Å². The van der Waals surface area contributed by atoms with Crippen molar-refractivity contribution in [2.24, 2.45) is 5.41 Å². The van der Waals surface area contributed by atoms with Gasteiger partial charge in [-0.1, -0.05) is 44.9 Å². The van der Waals surface area contributed by atoms with E-state index in [2.05, 4.69) is 53.4 Å². The maximum Gasteiger partial charge on any atom is 0.318 e. The van der Waals surface area contributed by atoms with Gasteiger partial charge in [-0.3, -0.25) is 9.59 Å². The second-order valence-corrected chi connectivity index (χ2v) is 21.8. The lowest BCUT2D eigenvalue weighted by Gasteiger charge is -2.42. The summed E-state index contributed by atoms with van der Waals surface area (Å²) < 4.78 is 6.08. The number of H-pyrrole nitrogens is 1. The molecule has 392 valence electrons. The normalized spacial score (nSPS) is 20.4. The lowest BCUT2D eigenvalue weighted by Crippen LogP contribution is -2.60. The highest BCUT2D eigenvalue weighted by Crippen LogP contribution is 2.39. The summed E-state index contributed by atoms with van der Waals surface area (Å²) >= 11 is 0. The van der Waals surface area contributed by atoms with Gasteiger partial charge in [0.15, 0.2) is 5.65 Å². The van der Waals surface area contributed by atoms with Crippen molar-refractivity contribution in [1.82, 2.24) is 55.4 Å². The van der Waals surface area contributed by atoms with Crippen LogP contribution in [0, 0.1) is 17.8 Å². The summed E-state index contributed by atoms with van der Waals surface area (Å²) in [6, 6.07) is 12.8. The Morgan fingerprint density at radius 1 is 0.986 bits per heavy atom. The maximum absolute atomic E-state index is 14.4. The number of β-amino-alcohol motifs (C(OH)–C–C–N with tert-alkyl or cyclic N) is 1. The highest BCUT2D eigenvalue weighted by molar-refractivity contribution is 5.93. The van der Waals surface area contributed by atoms with E-state index in [1.165, 1.54) is 4.90 Å². The number of ether oxygens (including phenoxy) is 1. The number of para-hydroxylation sites is 1. The fourth-order valence-electron chi connectivity index (χ4n) is 11.3. The number of aliphatic hydroxyl groups excluding tert-OH is 1. The van der Waals surface area contributed by atoms with Crippen molar-refractivity contribution in [2.45, 2.75) is 115 Å². The summed E-state index contributed by atoms with van der Waals surface area (Å²) in [4.78, 5) is 65.6. The Morgan fingerprint density at radius 3 is 2.43 bits per heavy atom. The van der Waals surface area contributed by atoms with E-state index in [-0.39, 0.29) is 37.3 Å². The second-order valence-electron chi connectivity index (χ2n) is 21.8. The predicted molar refractivity (Wildman–Crippen MR) is 283 cm³/mol. The number of piperidine rings is 2. The number of fused-ring (bicyclic) bond motifs is 3. The average Bonchev–Trinajstić information content (AvgIpc) is 3.99. The number of rotatable bonds is 14. The quantitative estimate of drug-likeness (QED) is 0.0679. The Kier molecular flexibility index (Phi) is 15.7. The molecule has 5 aromatic rings. The number of aromatic hydroxyl groups is 1. The van der Waals surface area contributed by atoms with E-state index in [0.29, 0.717) is 60.2 Å². The third-order valence-electron chi connectivity index (χ3n) is 15.5. The molecule has 74 heavy (non-hydrogen) atoms. The van der Waals surface area contributed by atoms with Gasteiger partial charge in [0, 0.05) is 104 Å². The number of aromatic nitrogens is 5. The van der Waals surface area contributed by atoms with Gasteiger partial charge in [-0.05, 0) is 113 Å². The van der Waals surface area contributed by atoms with Crippen LogP contribution in [0.15, 0.2) is 60.9 Å². The molecule has 3 saturated heterocycles. The second kappa shape index (κ2) is 22.3. The Morgan fingerprint density at radius 2 is 1.73 bits per heavy atom. The molecule has 0 aliphatic carbocycles. The first-order valence-corrected chi connectivity index (χ1v) is 26.2. The van der Waals surface area contributed by atoms with Gasteiger partial charge < -0.3 is 55.1 Å². The number of hydrogen-bond acceptors (Lipinski definition) is 13.